The quantitative estimate of drug-likeness (QED) is 0.710. The predicted octanol–water partition coefficient (Wildman–Crippen LogP) is 0.685. The van der Waals surface area contributed by atoms with Crippen LogP contribution in [0.2, 0.25) is 0 Å². The number of esters is 1. The van der Waals surface area contributed by atoms with Crippen molar-refractivity contribution in [2.45, 2.75) is 44.1 Å². The highest BCUT2D eigenvalue weighted by molar-refractivity contribution is 7.89. The lowest BCUT2D eigenvalue weighted by atomic mass is 9.76. The van der Waals surface area contributed by atoms with Crippen LogP contribution in [0.1, 0.15) is 30.7 Å². The van der Waals surface area contributed by atoms with Gasteiger partial charge in [0.25, 0.3) is 0 Å². The fourth-order valence-electron chi connectivity index (χ4n) is 4.17. The molecule has 0 amide bonds. The second-order valence-electron chi connectivity index (χ2n) is 7.80. The minimum absolute atomic E-state index is 0.108. The zero-order chi connectivity index (χ0) is 19.3. The number of ether oxygens (including phenoxy) is 1. The summed E-state index contributed by atoms with van der Waals surface area (Å²) in [6.45, 7) is 4.84. The number of likely N-dealkylation sites (N-methyl/N-ethyl adjacent to an activating group) is 1. The molecule has 0 radical (unpaired) electrons. The van der Waals surface area contributed by atoms with E-state index in [0.717, 1.165) is 0 Å². The van der Waals surface area contributed by atoms with Crippen molar-refractivity contribution in [3.8, 4) is 0 Å². The molecule has 1 unspecified atom stereocenters. The van der Waals surface area contributed by atoms with Gasteiger partial charge in [-0.1, -0.05) is 0 Å². The first-order valence-corrected chi connectivity index (χ1v) is 10.4. The highest BCUT2D eigenvalue weighted by Crippen LogP contribution is 2.44. The van der Waals surface area contributed by atoms with Crippen LogP contribution in [0.5, 0.6) is 0 Å². The molecule has 2 fully saturated rings. The van der Waals surface area contributed by atoms with Gasteiger partial charge in [0.2, 0.25) is 10.0 Å². The number of piperidine rings is 1. The van der Waals surface area contributed by atoms with E-state index in [0.29, 0.717) is 50.3 Å². The first-order valence-electron chi connectivity index (χ1n) is 8.93. The molecule has 0 aromatic carbocycles. The van der Waals surface area contributed by atoms with Crippen molar-refractivity contribution < 1.29 is 17.9 Å². The number of aryl methyl sites for hydroxylation is 2. The molecule has 26 heavy (non-hydrogen) atoms. The lowest BCUT2D eigenvalue weighted by Crippen LogP contribution is -2.45. The Morgan fingerprint density at radius 1 is 1.27 bits per heavy atom. The van der Waals surface area contributed by atoms with Crippen LogP contribution < -0.4 is 0 Å². The van der Waals surface area contributed by atoms with E-state index in [1.807, 2.05) is 19.0 Å². The SMILES string of the molecule is Cc1nn(C)c(C)c1S(=O)(=O)N1CCC2(CC1)CC(CN(C)C)OC2=O. The first-order chi connectivity index (χ1) is 12.1. The van der Waals surface area contributed by atoms with Gasteiger partial charge >= 0.3 is 5.97 Å². The summed E-state index contributed by atoms with van der Waals surface area (Å²) in [7, 11) is 2.03. The number of rotatable bonds is 4. The van der Waals surface area contributed by atoms with Crippen molar-refractivity contribution in [1.82, 2.24) is 19.0 Å². The maximum Gasteiger partial charge on any atom is 0.312 e. The Morgan fingerprint density at radius 3 is 2.38 bits per heavy atom. The molecule has 146 valence electrons. The fraction of sp³-hybridized carbons (Fsp3) is 0.765. The lowest BCUT2D eigenvalue weighted by Gasteiger charge is -2.35. The minimum atomic E-state index is -3.61. The summed E-state index contributed by atoms with van der Waals surface area (Å²) in [6.07, 6.45) is 1.58. The van der Waals surface area contributed by atoms with Crippen LogP contribution in [0.25, 0.3) is 0 Å². The molecule has 0 aliphatic carbocycles. The first kappa shape index (κ1) is 19.3. The van der Waals surface area contributed by atoms with Crippen molar-refractivity contribution in [3.63, 3.8) is 0 Å². The summed E-state index contributed by atoms with van der Waals surface area (Å²) < 4.78 is 34.8. The topological polar surface area (TPSA) is 84.7 Å². The van der Waals surface area contributed by atoms with Gasteiger partial charge in [-0.25, -0.2) is 8.42 Å². The van der Waals surface area contributed by atoms with Gasteiger partial charge in [0.1, 0.15) is 11.0 Å². The second kappa shape index (κ2) is 6.61. The van der Waals surface area contributed by atoms with Crippen LogP contribution in [0, 0.1) is 19.3 Å². The number of carbonyl (C=O) groups excluding carboxylic acids is 1. The summed E-state index contributed by atoms with van der Waals surface area (Å²) in [4.78, 5) is 14.8. The van der Waals surface area contributed by atoms with E-state index in [-0.39, 0.29) is 17.0 Å². The van der Waals surface area contributed by atoms with E-state index in [9.17, 15) is 13.2 Å². The van der Waals surface area contributed by atoms with Crippen LogP contribution in [0.3, 0.4) is 0 Å². The highest BCUT2D eigenvalue weighted by atomic mass is 32.2. The molecule has 0 N–H and O–H groups in total. The Bertz CT molecular complexity index is 807. The smallest absolute Gasteiger partial charge is 0.312 e. The molecule has 8 nitrogen and oxygen atoms in total. The maximum absolute atomic E-state index is 13.1. The van der Waals surface area contributed by atoms with Gasteiger partial charge in [-0.05, 0) is 40.8 Å². The fourth-order valence-corrected chi connectivity index (χ4v) is 6.01. The number of sulfonamides is 1. The minimum Gasteiger partial charge on any atom is -0.461 e. The van der Waals surface area contributed by atoms with Gasteiger partial charge < -0.3 is 9.64 Å². The number of hydrogen-bond donors (Lipinski definition) is 0. The molecule has 0 saturated carbocycles. The molecule has 1 aromatic rings. The number of hydrogen-bond acceptors (Lipinski definition) is 6. The largest absolute Gasteiger partial charge is 0.461 e. The molecule has 3 heterocycles. The summed E-state index contributed by atoms with van der Waals surface area (Å²) in [5.74, 6) is -0.171. The molecule has 1 aromatic heterocycles. The number of carbonyl (C=O) groups is 1. The normalized spacial score (nSPS) is 23.8. The van der Waals surface area contributed by atoms with Crippen molar-refractivity contribution >= 4 is 16.0 Å². The monoisotopic (exact) mass is 384 g/mol. The van der Waals surface area contributed by atoms with Gasteiger partial charge in [-0.2, -0.15) is 9.40 Å². The standard InChI is InChI=1S/C17H28N4O4S/c1-12-15(13(2)20(5)18-12)26(23,24)21-8-6-17(7-9-21)10-14(11-19(3)4)25-16(17)22/h14H,6-11H2,1-5H3. The number of nitrogens with zero attached hydrogens (tertiary/aromatic N) is 4. The Kier molecular flexibility index (Phi) is 4.91. The zero-order valence-electron chi connectivity index (χ0n) is 16.2. The number of aromatic nitrogens is 2. The Morgan fingerprint density at radius 2 is 1.88 bits per heavy atom. The average Bonchev–Trinajstić information content (AvgIpc) is 2.95. The third-order valence-corrected chi connectivity index (χ3v) is 7.77. The van der Waals surface area contributed by atoms with E-state index in [4.69, 9.17) is 4.74 Å². The molecule has 9 heteroatoms. The summed E-state index contributed by atoms with van der Waals surface area (Å²) in [5, 5.41) is 4.22. The van der Waals surface area contributed by atoms with Crippen LogP contribution >= 0.6 is 0 Å². The van der Waals surface area contributed by atoms with Gasteiger partial charge in [0.15, 0.2) is 0 Å². The predicted molar refractivity (Wildman–Crippen MR) is 96.2 cm³/mol. The van der Waals surface area contributed by atoms with Crippen molar-refractivity contribution in [1.29, 1.82) is 0 Å². The van der Waals surface area contributed by atoms with Crippen LogP contribution in [-0.4, -0.2) is 73.2 Å². The van der Waals surface area contributed by atoms with Gasteiger partial charge in [-0.3, -0.25) is 9.48 Å². The summed E-state index contributed by atoms with van der Waals surface area (Å²) in [6, 6.07) is 0. The van der Waals surface area contributed by atoms with Crippen LogP contribution in [-0.2, 0) is 26.6 Å². The molecule has 2 saturated heterocycles. The molecule has 1 atom stereocenters. The van der Waals surface area contributed by atoms with E-state index >= 15 is 0 Å². The summed E-state index contributed by atoms with van der Waals surface area (Å²) in [5.41, 5.74) is 0.608. The molecular weight excluding hydrogens is 356 g/mol. The van der Waals surface area contributed by atoms with E-state index in [1.165, 1.54) is 4.31 Å². The van der Waals surface area contributed by atoms with Crippen LogP contribution in [0.4, 0.5) is 0 Å². The summed E-state index contributed by atoms with van der Waals surface area (Å²) >= 11 is 0. The van der Waals surface area contributed by atoms with Crippen LogP contribution in [0.15, 0.2) is 4.90 Å². The highest BCUT2D eigenvalue weighted by Gasteiger charge is 2.51. The number of cyclic esters (lactones) is 1. The molecule has 2 aliphatic rings. The average molecular weight is 385 g/mol. The Hall–Kier alpha value is -1.45. The van der Waals surface area contributed by atoms with Crippen molar-refractivity contribution in [2.24, 2.45) is 12.5 Å². The molecule has 2 aliphatic heterocycles. The molecule has 0 bridgehead atoms. The Labute approximate surface area is 155 Å². The van der Waals surface area contributed by atoms with E-state index in [2.05, 4.69) is 5.10 Å². The third kappa shape index (κ3) is 3.16. The Balaban J connectivity index is 1.75. The van der Waals surface area contributed by atoms with Crippen molar-refractivity contribution in [3.05, 3.63) is 11.4 Å². The lowest BCUT2D eigenvalue weighted by molar-refractivity contribution is -0.150. The molecule has 3 rings (SSSR count). The maximum atomic E-state index is 13.1. The molecule has 1 spiro atoms. The van der Waals surface area contributed by atoms with Gasteiger partial charge in [0, 0.05) is 33.1 Å². The van der Waals surface area contributed by atoms with E-state index in [1.54, 1.807) is 25.6 Å². The third-order valence-electron chi connectivity index (χ3n) is 5.61. The molecular formula is C17H28N4O4S. The van der Waals surface area contributed by atoms with E-state index < -0.39 is 15.4 Å². The van der Waals surface area contributed by atoms with Gasteiger partial charge in [0.05, 0.1) is 16.8 Å². The second-order valence-corrected chi connectivity index (χ2v) is 9.68. The van der Waals surface area contributed by atoms with Gasteiger partial charge in [-0.15, -0.1) is 0 Å². The zero-order valence-corrected chi connectivity index (χ0v) is 17.0. The van der Waals surface area contributed by atoms with Crippen molar-refractivity contribution in [2.75, 3.05) is 33.7 Å².